The maximum atomic E-state index is 12.2. The lowest BCUT2D eigenvalue weighted by Crippen LogP contribution is -2.31. The van der Waals surface area contributed by atoms with Gasteiger partial charge in [-0.1, -0.05) is 0 Å². The van der Waals surface area contributed by atoms with Crippen LogP contribution in [0.25, 0.3) is 0 Å². The number of hydrogen-bond donors (Lipinski definition) is 1. The molecule has 1 aromatic heterocycles. The Bertz CT molecular complexity index is 684. The fraction of sp³-hybridized carbons (Fsp3) is 0.389. The summed E-state index contributed by atoms with van der Waals surface area (Å²) in [6.07, 6.45) is 7.45. The van der Waals surface area contributed by atoms with Crippen LogP contribution in [-0.4, -0.2) is 35.2 Å². The normalized spacial score (nSPS) is 14.5. The Hall–Kier alpha value is -2.08. The lowest BCUT2D eigenvalue weighted by Gasteiger charge is -2.26. The van der Waals surface area contributed by atoms with Gasteiger partial charge in [0, 0.05) is 29.7 Å². The summed E-state index contributed by atoms with van der Waals surface area (Å²) >= 11 is 1.66. The second kappa shape index (κ2) is 8.15. The molecule has 0 atom stereocenters. The molecule has 0 spiro atoms. The van der Waals surface area contributed by atoms with Crippen LogP contribution in [0, 0.1) is 0 Å². The Morgan fingerprint density at radius 2 is 1.92 bits per heavy atom. The molecule has 126 valence electrons. The molecule has 1 saturated heterocycles. The van der Waals surface area contributed by atoms with Gasteiger partial charge in [0.05, 0.1) is 12.2 Å². The zero-order chi connectivity index (χ0) is 16.8. The molecule has 2 aromatic rings. The fourth-order valence-corrected chi connectivity index (χ4v) is 3.15. The molecule has 6 heteroatoms. The van der Waals surface area contributed by atoms with E-state index in [0.717, 1.165) is 29.6 Å². The molecular formula is C18H22N4OS. The lowest BCUT2D eigenvalue weighted by molar-refractivity contribution is 0.0950. The first-order valence-electron chi connectivity index (χ1n) is 8.25. The van der Waals surface area contributed by atoms with E-state index in [9.17, 15) is 4.79 Å². The molecule has 0 radical (unpaired) electrons. The molecule has 3 rings (SSSR count). The van der Waals surface area contributed by atoms with Crippen molar-refractivity contribution in [1.82, 2.24) is 15.3 Å². The van der Waals surface area contributed by atoms with E-state index >= 15 is 0 Å². The highest BCUT2D eigenvalue weighted by Crippen LogP contribution is 2.16. The van der Waals surface area contributed by atoms with Gasteiger partial charge in [-0.25, -0.2) is 9.97 Å². The molecule has 1 N–H and O–H groups in total. The van der Waals surface area contributed by atoms with Gasteiger partial charge < -0.3 is 10.2 Å². The Morgan fingerprint density at radius 1 is 1.17 bits per heavy atom. The largest absolute Gasteiger partial charge is 0.346 e. The number of anilines is 1. The number of carbonyl (C=O) groups is 1. The molecule has 0 unspecified atom stereocenters. The first-order chi connectivity index (χ1) is 11.8. The minimum Gasteiger partial charge on any atom is -0.346 e. The first-order valence-corrected chi connectivity index (χ1v) is 9.48. The van der Waals surface area contributed by atoms with Crippen LogP contribution < -0.4 is 10.2 Å². The van der Waals surface area contributed by atoms with Crippen molar-refractivity contribution in [2.75, 3.05) is 24.2 Å². The number of thioether (sulfide) groups is 1. The zero-order valence-electron chi connectivity index (χ0n) is 13.9. The predicted octanol–water partition coefficient (Wildman–Crippen LogP) is 3.12. The van der Waals surface area contributed by atoms with Gasteiger partial charge >= 0.3 is 0 Å². The van der Waals surface area contributed by atoms with Crippen molar-refractivity contribution >= 4 is 23.6 Å². The number of aromatic nitrogens is 2. The Balaban J connectivity index is 1.60. The number of amides is 1. The van der Waals surface area contributed by atoms with Crippen LogP contribution in [0.2, 0.25) is 0 Å². The van der Waals surface area contributed by atoms with Crippen LogP contribution in [0.3, 0.4) is 0 Å². The highest BCUT2D eigenvalue weighted by molar-refractivity contribution is 7.98. The molecule has 5 nitrogen and oxygen atoms in total. The number of benzene rings is 1. The molecule has 1 amide bonds. The van der Waals surface area contributed by atoms with Gasteiger partial charge in [-0.15, -0.1) is 11.8 Å². The molecule has 0 aliphatic carbocycles. The summed E-state index contributed by atoms with van der Waals surface area (Å²) < 4.78 is 0. The van der Waals surface area contributed by atoms with Gasteiger partial charge in [0.25, 0.3) is 5.91 Å². The van der Waals surface area contributed by atoms with Crippen LogP contribution in [0.4, 0.5) is 5.95 Å². The van der Waals surface area contributed by atoms with Crippen molar-refractivity contribution in [1.29, 1.82) is 0 Å². The van der Waals surface area contributed by atoms with Crippen LogP contribution in [0.15, 0.2) is 41.4 Å². The Kier molecular flexibility index (Phi) is 5.69. The van der Waals surface area contributed by atoms with E-state index in [1.54, 1.807) is 18.0 Å². The molecule has 1 aliphatic rings. The molecule has 1 fully saturated rings. The number of rotatable bonds is 5. The van der Waals surface area contributed by atoms with E-state index in [4.69, 9.17) is 0 Å². The number of hydrogen-bond acceptors (Lipinski definition) is 5. The van der Waals surface area contributed by atoms with Crippen LogP contribution in [0.1, 0.15) is 35.3 Å². The monoisotopic (exact) mass is 342 g/mol. The van der Waals surface area contributed by atoms with Crippen molar-refractivity contribution in [3.63, 3.8) is 0 Å². The number of piperidine rings is 1. The highest BCUT2D eigenvalue weighted by Gasteiger charge is 2.14. The maximum Gasteiger partial charge on any atom is 0.251 e. The fourth-order valence-electron chi connectivity index (χ4n) is 2.74. The minimum atomic E-state index is -0.0826. The molecule has 24 heavy (non-hydrogen) atoms. The van der Waals surface area contributed by atoms with Crippen molar-refractivity contribution in [3.8, 4) is 0 Å². The van der Waals surface area contributed by atoms with E-state index in [1.165, 1.54) is 19.3 Å². The average molecular weight is 342 g/mol. The van der Waals surface area contributed by atoms with E-state index < -0.39 is 0 Å². The average Bonchev–Trinajstić information content (AvgIpc) is 2.67. The second-order valence-electron chi connectivity index (χ2n) is 5.81. The SMILES string of the molecule is CSc1ccc(C(=O)NCc2ccnc(N3CCCCC3)n2)cc1. The summed E-state index contributed by atoms with van der Waals surface area (Å²) in [5.41, 5.74) is 1.50. The van der Waals surface area contributed by atoms with Gasteiger partial charge in [-0.2, -0.15) is 0 Å². The number of nitrogens with zero attached hydrogens (tertiary/aromatic N) is 3. The molecular weight excluding hydrogens is 320 g/mol. The Labute approximate surface area is 146 Å². The summed E-state index contributed by atoms with van der Waals surface area (Å²) in [5, 5.41) is 2.93. The van der Waals surface area contributed by atoms with Crippen LogP contribution >= 0.6 is 11.8 Å². The van der Waals surface area contributed by atoms with E-state index in [0.29, 0.717) is 12.1 Å². The van der Waals surface area contributed by atoms with Gasteiger partial charge in [-0.3, -0.25) is 4.79 Å². The van der Waals surface area contributed by atoms with Crippen molar-refractivity contribution in [2.45, 2.75) is 30.7 Å². The van der Waals surface area contributed by atoms with Crippen molar-refractivity contribution in [2.24, 2.45) is 0 Å². The number of carbonyl (C=O) groups excluding carboxylic acids is 1. The quantitative estimate of drug-likeness (QED) is 0.846. The third kappa shape index (κ3) is 4.26. The smallest absolute Gasteiger partial charge is 0.251 e. The first kappa shape index (κ1) is 16.8. The molecule has 0 bridgehead atoms. The summed E-state index contributed by atoms with van der Waals surface area (Å²) in [4.78, 5) is 24.6. The van der Waals surface area contributed by atoms with E-state index in [1.807, 2.05) is 36.6 Å². The van der Waals surface area contributed by atoms with Crippen molar-refractivity contribution in [3.05, 3.63) is 47.8 Å². The third-order valence-corrected chi connectivity index (χ3v) is 4.87. The highest BCUT2D eigenvalue weighted by atomic mass is 32.2. The minimum absolute atomic E-state index is 0.0826. The van der Waals surface area contributed by atoms with Gasteiger partial charge in [0.15, 0.2) is 0 Å². The van der Waals surface area contributed by atoms with E-state index in [-0.39, 0.29) is 5.91 Å². The van der Waals surface area contributed by atoms with Gasteiger partial charge in [0.1, 0.15) is 0 Å². The van der Waals surface area contributed by atoms with Crippen LogP contribution in [0.5, 0.6) is 0 Å². The summed E-state index contributed by atoms with van der Waals surface area (Å²) in [5.74, 6) is 0.687. The molecule has 1 aromatic carbocycles. The second-order valence-corrected chi connectivity index (χ2v) is 6.69. The topological polar surface area (TPSA) is 58.1 Å². The van der Waals surface area contributed by atoms with Crippen molar-refractivity contribution < 1.29 is 4.79 Å². The third-order valence-electron chi connectivity index (χ3n) is 4.12. The lowest BCUT2D eigenvalue weighted by atomic mass is 10.1. The van der Waals surface area contributed by atoms with E-state index in [2.05, 4.69) is 20.2 Å². The number of nitrogens with one attached hydrogen (secondary N) is 1. The van der Waals surface area contributed by atoms with Gasteiger partial charge in [-0.05, 0) is 55.9 Å². The molecule has 2 heterocycles. The molecule has 0 saturated carbocycles. The summed E-state index contributed by atoms with van der Waals surface area (Å²) in [6, 6.07) is 9.46. The summed E-state index contributed by atoms with van der Waals surface area (Å²) in [7, 11) is 0. The maximum absolute atomic E-state index is 12.2. The molecule has 1 aliphatic heterocycles. The van der Waals surface area contributed by atoms with Gasteiger partial charge in [0.2, 0.25) is 5.95 Å². The van der Waals surface area contributed by atoms with Crippen LogP contribution in [-0.2, 0) is 6.54 Å². The zero-order valence-corrected chi connectivity index (χ0v) is 14.7. The summed E-state index contributed by atoms with van der Waals surface area (Å²) in [6.45, 7) is 2.43. The standard InChI is InChI=1S/C18H22N4OS/c1-24-16-7-5-14(6-8-16)17(23)20-13-15-9-10-19-18(21-15)22-11-3-2-4-12-22/h5-10H,2-4,11-13H2,1H3,(H,20,23). The predicted molar refractivity (Wildman–Crippen MR) is 97.5 cm³/mol. The Morgan fingerprint density at radius 3 is 2.62 bits per heavy atom.